The van der Waals surface area contributed by atoms with Crippen molar-refractivity contribution < 1.29 is 32.3 Å². The Kier molecular flexibility index (Phi) is 5.45. The van der Waals surface area contributed by atoms with Crippen LogP contribution in [-0.2, 0) is 22.1 Å². The number of nitrogens with one attached hydrogen (secondary N) is 2. The van der Waals surface area contributed by atoms with E-state index < -0.39 is 35.1 Å². The fourth-order valence-corrected chi connectivity index (χ4v) is 2.88. The maximum atomic E-state index is 13.2. The van der Waals surface area contributed by atoms with Gasteiger partial charge < -0.3 is 20.8 Å². The Morgan fingerprint density at radius 3 is 2.50 bits per heavy atom. The number of imidazole rings is 1. The van der Waals surface area contributed by atoms with E-state index in [0.717, 1.165) is 19.2 Å². The van der Waals surface area contributed by atoms with Crippen molar-refractivity contribution in [3.8, 4) is 0 Å². The number of aromatic nitrogens is 2. The Hall–Kier alpha value is -3.89. The number of anilines is 1. The molecule has 0 bridgehead atoms. The number of halogens is 3. The van der Waals surface area contributed by atoms with Crippen molar-refractivity contribution in [1.82, 2.24) is 9.97 Å². The normalized spacial score (nSPS) is 11.3. The number of esters is 1. The largest absolute Gasteiger partial charge is 0.465 e. The maximum Gasteiger partial charge on any atom is 0.417 e. The highest BCUT2D eigenvalue weighted by Crippen LogP contribution is 2.32. The Balaban J connectivity index is 2.03. The molecule has 0 aliphatic carbocycles. The number of nitrogens with zero attached hydrogens (tertiary/aromatic N) is 1. The molecule has 1 heterocycles. The maximum absolute atomic E-state index is 13.2. The zero-order valence-electron chi connectivity index (χ0n) is 15.5. The molecule has 2 amide bonds. The van der Waals surface area contributed by atoms with Gasteiger partial charge in [-0.25, -0.2) is 9.78 Å². The van der Waals surface area contributed by atoms with Gasteiger partial charge in [0.1, 0.15) is 11.3 Å². The standard InChI is InChI=1S/C19H15F3N4O4/c1-30-18(29)11-6-9(7-13-16(11)26-15(25-13)8-14(23)27)24-17(28)10-4-2-3-5-12(10)19(20,21)22/h2-7H,8H2,1H3,(H2,23,27)(H,24,28)(H,25,26). The minimum absolute atomic E-state index is 0.0270. The first-order valence-corrected chi connectivity index (χ1v) is 8.47. The molecule has 0 atom stereocenters. The summed E-state index contributed by atoms with van der Waals surface area (Å²) in [4.78, 5) is 42.7. The first kappa shape index (κ1) is 20.8. The minimum atomic E-state index is -4.72. The van der Waals surface area contributed by atoms with Crippen molar-refractivity contribution in [2.75, 3.05) is 12.4 Å². The molecule has 0 saturated heterocycles. The number of amides is 2. The predicted molar refractivity (Wildman–Crippen MR) is 99.7 cm³/mol. The number of rotatable bonds is 5. The number of benzene rings is 2. The van der Waals surface area contributed by atoms with Gasteiger partial charge in [-0.05, 0) is 24.3 Å². The van der Waals surface area contributed by atoms with Crippen LogP contribution in [0.4, 0.5) is 18.9 Å². The van der Waals surface area contributed by atoms with Crippen LogP contribution in [-0.4, -0.2) is 34.9 Å². The molecular weight excluding hydrogens is 405 g/mol. The smallest absolute Gasteiger partial charge is 0.417 e. The molecule has 30 heavy (non-hydrogen) atoms. The van der Waals surface area contributed by atoms with E-state index in [0.29, 0.717) is 0 Å². The Bertz CT molecular complexity index is 1150. The number of primary amides is 1. The lowest BCUT2D eigenvalue weighted by Crippen LogP contribution is -2.19. The number of hydrogen-bond acceptors (Lipinski definition) is 5. The van der Waals surface area contributed by atoms with Gasteiger partial charge in [0.15, 0.2) is 0 Å². The van der Waals surface area contributed by atoms with Crippen molar-refractivity contribution in [2.45, 2.75) is 12.6 Å². The number of aromatic amines is 1. The summed E-state index contributed by atoms with van der Waals surface area (Å²) in [5.74, 6) is -2.29. The van der Waals surface area contributed by atoms with Crippen LogP contribution < -0.4 is 11.1 Å². The van der Waals surface area contributed by atoms with E-state index >= 15 is 0 Å². The Labute approximate surface area is 167 Å². The van der Waals surface area contributed by atoms with Crippen molar-refractivity contribution in [2.24, 2.45) is 5.73 Å². The third-order valence-electron chi connectivity index (χ3n) is 4.12. The highest BCUT2D eigenvalue weighted by molar-refractivity contribution is 6.09. The van der Waals surface area contributed by atoms with Crippen LogP contribution >= 0.6 is 0 Å². The Morgan fingerprint density at radius 2 is 1.87 bits per heavy atom. The molecule has 0 spiro atoms. The summed E-state index contributed by atoms with van der Waals surface area (Å²) < 4.78 is 44.3. The predicted octanol–water partition coefficient (Wildman–Crippen LogP) is 2.65. The lowest BCUT2D eigenvalue weighted by molar-refractivity contribution is -0.137. The zero-order chi connectivity index (χ0) is 22.1. The van der Waals surface area contributed by atoms with E-state index in [1.165, 1.54) is 24.3 Å². The van der Waals surface area contributed by atoms with Crippen molar-refractivity contribution in [1.29, 1.82) is 0 Å². The number of fused-ring (bicyclic) bond motifs is 1. The van der Waals surface area contributed by atoms with Crippen LogP contribution in [0.3, 0.4) is 0 Å². The Morgan fingerprint density at radius 1 is 1.17 bits per heavy atom. The molecule has 0 aliphatic heterocycles. The lowest BCUT2D eigenvalue weighted by Gasteiger charge is -2.13. The highest BCUT2D eigenvalue weighted by atomic mass is 19.4. The van der Waals surface area contributed by atoms with Crippen LogP contribution in [0.25, 0.3) is 11.0 Å². The van der Waals surface area contributed by atoms with Crippen molar-refractivity contribution in [3.63, 3.8) is 0 Å². The molecule has 4 N–H and O–H groups in total. The molecule has 0 saturated carbocycles. The number of carbonyl (C=O) groups is 3. The minimum Gasteiger partial charge on any atom is -0.465 e. The molecule has 0 fully saturated rings. The van der Waals surface area contributed by atoms with Gasteiger partial charge in [0.05, 0.1) is 35.7 Å². The van der Waals surface area contributed by atoms with Crippen LogP contribution in [0.15, 0.2) is 36.4 Å². The third kappa shape index (κ3) is 4.24. The number of hydrogen-bond donors (Lipinski definition) is 3. The van der Waals surface area contributed by atoms with E-state index in [-0.39, 0.29) is 34.5 Å². The second-order valence-electron chi connectivity index (χ2n) is 6.24. The quantitative estimate of drug-likeness (QED) is 0.547. The monoisotopic (exact) mass is 420 g/mol. The number of H-pyrrole nitrogens is 1. The van der Waals surface area contributed by atoms with Crippen molar-refractivity contribution >= 4 is 34.5 Å². The average molecular weight is 420 g/mol. The molecule has 11 heteroatoms. The van der Waals surface area contributed by atoms with Crippen LogP contribution in [0, 0.1) is 0 Å². The number of carbonyl (C=O) groups excluding carboxylic acids is 3. The molecule has 156 valence electrons. The molecule has 2 aromatic carbocycles. The number of nitrogens with two attached hydrogens (primary N) is 1. The second-order valence-corrected chi connectivity index (χ2v) is 6.24. The van der Waals surface area contributed by atoms with Crippen LogP contribution in [0.5, 0.6) is 0 Å². The summed E-state index contributed by atoms with van der Waals surface area (Å²) in [7, 11) is 1.13. The fraction of sp³-hybridized carbons (Fsp3) is 0.158. The summed E-state index contributed by atoms with van der Waals surface area (Å²) in [6.07, 6.45) is -4.95. The molecule has 0 unspecified atom stereocenters. The van der Waals surface area contributed by atoms with Gasteiger partial charge in [-0.3, -0.25) is 9.59 Å². The van der Waals surface area contributed by atoms with Crippen LogP contribution in [0.2, 0.25) is 0 Å². The van der Waals surface area contributed by atoms with E-state index in [9.17, 15) is 27.6 Å². The summed E-state index contributed by atoms with van der Waals surface area (Å²) in [6.45, 7) is 0. The summed E-state index contributed by atoms with van der Waals surface area (Å²) >= 11 is 0. The first-order valence-electron chi connectivity index (χ1n) is 8.47. The van der Waals surface area contributed by atoms with Gasteiger partial charge in [-0.15, -0.1) is 0 Å². The van der Waals surface area contributed by atoms with Gasteiger partial charge in [0.2, 0.25) is 5.91 Å². The van der Waals surface area contributed by atoms with E-state index in [1.54, 1.807) is 0 Å². The van der Waals surface area contributed by atoms with Gasteiger partial charge in [0, 0.05) is 5.69 Å². The molecule has 0 radical (unpaired) electrons. The molecule has 8 nitrogen and oxygen atoms in total. The lowest BCUT2D eigenvalue weighted by atomic mass is 10.1. The van der Waals surface area contributed by atoms with Gasteiger partial charge in [0.25, 0.3) is 5.91 Å². The zero-order valence-corrected chi connectivity index (χ0v) is 15.5. The molecule has 3 rings (SSSR count). The van der Waals surface area contributed by atoms with Crippen LogP contribution in [0.1, 0.15) is 32.1 Å². The SMILES string of the molecule is COC(=O)c1cc(NC(=O)c2ccccc2C(F)(F)F)cc2[nH]c(CC(N)=O)nc12. The molecule has 0 aliphatic rings. The highest BCUT2D eigenvalue weighted by Gasteiger charge is 2.35. The summed E-state index contributed by atoms with van der Waals surface area (Å²) in [6, 6.07) is 6.90. The van der Waals surface area contributed by atoms with Crippen molar-refractivity contribution in [3.05, 3.63) is 58.9 Å². The third-order valence-corrected chi connectivity index (χ3v) is 4.12. The molecule has 1 aromatic heterocycles. The van der Waals surface area contributed by atoms with Gasteiger partial charge in [-0.2, -0.15) is 13.2 Å². The summed E-state index contributed by atoms with van der Waals surface area (Å²) in [5, 5.41) is 2.35. The first-order chi connectivity index (χ1) is 14.1. The number of ether oxygens (including phenoxy) is 1. The van der Waals surface area contributed by atoms with Gasteiger partial charge >= 0.3 is 12.1 Å². The van der Waals surface area contributed by atoms with E-state index in [4.69, 9.17) is 10.5 Å². The second kappa shape index (κ2) is 7.85. The average Bonchev–Trinajstić information content (AvgIpc) is 3.07. The molecular formula is C19H15F3N4O4. The fourth-order valence-electron chi connectivity index (χ4n) is 2.88. The topological polar surface area (TPSA) is 127 Å². The van der Waals surface area contributed by atoms with E-state index in [2.05, 4.69) is 15.3 Å². The number of methoxy groups -OCH3 is 1. The van der Waals surface area contributed by atoms with Gasteiger partial charge in [-0.1, -0.05) is 12.1 Å². The summed E-state index contributed by atoms with van der Waals surface area (Å²) in [5.41, 5.74) is 3.85. The molecule has 3 aromatic rings. The van der Waals surface area contributed by atoms with E-state index in [1.807, 2.05) is 0 Å². The number of alkyl halides is 3.